The van der Waals surface area contributed by atoms with Crippen LogP contribution in [0.5, 0.6) is 5.75 Å². The smallest absolute Gasteiger partial charge is 0.160 e. The number of rotatable bonds is 4. The average molecular weight is 254 g/mol. The monoisotopic (exact) mass is 254 g/mol. The number of benzene rings is 2. The predicted octanol–water partition coefficient (Wildman–Crippen LogP) is 3.38. The predicted molar refractivity (Wildman–Crippen MR) is 73.8 cm³/mol. The first-order valence-electron chi connectivity index (χ1n) is 5.91. The van der Waals surface area contributed by atoms with Gasteiger partial charge < -0.3 is 4.74 Å². The third kappa shape index (κ3) is 2.55. The summed E-state index contributed by atoms with van der Waals surface area (Å²) in [6.45, 7) is 1.51. The number of carbonyl (C=O) groups is 2. The van der Waals surface area contributed by atoms with Crippen LogP contribution in [0.2, 0.25) is 0 Å². The Balaban J connectivity index is 2.71. The van der Waals surface area contributed by atoms with Gasteiger partial charge in [0.15, 0.2) is 12.1 Å². The third-order valence-corrected chi connectivity index (χ3v) is 2.98. The van der Waals surface area contributed by atoms with E-state index >= 15 is 0 Å². The fourth-order valence-electron chi connectivity index (χ4n) is 2.03. The molecule has 0 saturated heterocycles. The van der Waals surface area contributed by atoms with Crippen LogP contribution >= 0.6 is 0 Å². The zero-order valence-corrected chi connectivity index (χ0v) is 10.8. The van der Waals surface area contributed by atoms with Gasteiger partial charge in [0.25, 0.3) is 0 Å². The van der Waals surface area contributed by atoms with E-state index in [1.165, 1.54) is 6.92 Å². The lowest BCUT2D eigenvalue weighted by molar-refractivity contribution is 0.101. The lowest BCUT2D eigenvalue weighted by Crippen LogP contribution is -1.99. The van der Waals surface area contributed by atoms with Gasteiger partial charge in [-0.25, -0.2) is 0 Å². The molecule has 96 valence electrons. The molecule has 0 N–H and O–H groups in total. The van der Waals surface area contributed by atoms with Crippen LogP contribution in [0.1, 0.15) is 27.6 Å². The molecule has 0 aliphatic rings. The molecule has 2 rings (SSSR count). The second-order valence-electron chi connectivity index (χ2n) is 4.17. The summed E-state index contributed by atoms with van der Waals surface area (Å²) in [5.41, 5.74) is 2.59. The minimum absolute atomic E-state index is 0.0432. The van der Waals surface area contributed by atoms with Gasteiger partial charge in [-0.05, 0) is 36.2 Å². The minimum Gasteiger partial charge on any atom is -0.497 e. The highest BCUT2D eigenvalue weighted by molar-refractivity contribution is 6.03. The van der Waals surface area contributed by atoms with Crippen molar-refractivity contribution >= 4 is 12.1 Å². The van der Waals surface area contributed by atoms with Crippen molar-refractivity contribution in [3.05, 3.63) is 53.6 Å². The van der Waals surface area contributed by atoms with Gasteiger partial charge in [0.1, 0.15) is 5.75 Å². The van der Waals surface area contributed by atoms with Crippen LogP contribution in [-0.2, 0) is 0 Å². The number of carbonyl (C=O) groups excluding carboxylic acids is 2. The standard InChI is InChI=1S/C16H14O3/c1-11(18)14-8-7-13(19-2)9-16(14)15-6-4-3-5-12(15)10-17/h3-10H,1-2H3. The zero-order valence-electron chi connectivity index (χ0n) is 10.8. The van der Waals surface area contributed by atoms with Crippen LogP contribution in [0.25, 0.3) is 11.1 Å². The number of Topliss-reactive ketones (excluding diaryl/α,β-unsaturated/α-hetero) is 1. The zero-order chi connectivity index (χ0) is 13.8. The molecule has 3 heteroatoms. The van der Waals surface area contributed by atoms with Crippen LogP contribution in [0.3, 0.4) is 0 Å². The van der Waals surface area contributed by atoms with Gasteiger partial charge in [-0.2, -0.15) is 0 Å². The van der Waals surface area contributed by atoms with Gasteiger partial charge >= 0.3 is 0 Å². The van der Waals surface area contributed by atoms with Gasteiger partial charge in [0, 0.05) is 11.1 Å². The summed E-state index contributed by atoms with van der Waals surface area (Å²) in [4.78, 5) is 22.8. The summed E-state index contributed by atoms with van der Waals surface area (Å²) in [7, 11) is 1.57. The Morgan fingerprint density at radius 3 is 2.47 bits per heavy atom. The van der Waals surface area contributed by atoms with E-state index in [-0.39, 0.29) is 5.78 Å². The number of aldehydes is 1. The molecule has 0 fully saturated rings. The first kappa shape index (κ1) is 13.0. The van der Waals surface area contributed by atoms with Crippen LogP contribution in [0.15, 0.2) is 42.5 Å². The van der Waals surface area contributed by atoms with Crippen LogP contribution in [0.4, 0.5) is 0 Å². The van der Waals surface area contributed by atoms with Crippen molar-refractivity contribution in [1.29, 1.82) is 0 Å². The van der Waals surface area contributed by atoms with Crippen molar-refractivity contribution in [2.75, 3.05) is 7.11 Å². The summed E-state index contributed by atoms with van der Waals surface area (Å²) in [5, 5.41) is 0. The molecule has 0 aliphatic heterocycles. The Labute approximate surface area is 111 Å². The van der Waals surface area contributed by atoms with E-state index in [0.717, 1.165) is 17.4 Å². The fourth-order valence-corrected chi connectivity index (χ4v) is 2.03. The third-order valence-electron chi connectivity index (χ3n) is 2.98. The molecule has 2 aromatic rings. The number of methoxy groups -OCH3 is 1. The molecule has 0 unspecified atom stereocenters. The second-order valence-corrected chi connectivity index (χ2v) is 4.17. The molecule has 2 aromatic carbocycles. The number of hydrogen-bond acceptors (Lipinski definition) is 3. The lowest BCUT2D eigenvalue weighted by atomic mass is 9.94. The number of ketones is 1. The maximum atomic E-state index is 11.7. The summed E-state index contributed by atoms with van der Waals surface area (Å²) in [6.07, 6.45) is 0.790. The van der Waals surface area contributed by atoms with E-state index in [2.05, 4.69) is 0 Å². The number of hydrogen-bond donors (Lipinski definition) is 0. The molecule has 0 aromatic heterocycles. The molecule has 0 amide bonds. The Kier molecular flexibility index (Phi) is 3.76. The van der Waals surface area contributed by atoms with Crippen LogP contribution in [0, 0.1) is 0 Å². The highest BCUT2D eigenvalue weighted by Crippen LogP contribution is 2.30. The Hall–Kier alpha value is -2.42. The molecule has 19 heavy (non-hydrogen) atoms. The summed E-state index contributed by atoms with van der Waals surface area (Å²) < 4.78 is 5.18. The number of ether oxygens (including phenoxy) is 1. The Morgan fingerprint density at radius 1 is 1.11 bits per heavy atom. The SMILES string of the molecule is COc1ccc(C(C)=O)c(-c2ccccc2C=O)c1. The lowest BCUT2D eigenvalue weighted by Gasteiger charge is -2.11. The van der Waals surface area contributed by atoms with E-state index in [1.807, 2.05) is 12.1 Å². The highest BCUT2D eigenvalue weighted by Gasteiger charge is 2.13. The van der Waals surface area contributed by atoms with Gasteiger partial charge in [-0.15, -0.1) is 0 Å². The van der Waals surface area contributed by atoms with Crippen molar-refractivity contribution < 1.29 is 14.3 Å². The molecular weight excluding hydrogens is 240 g/mol. The fraction of sp³-hybridized carbons (Fsp3) is 0.125. The van der Waals surface area contributed by atoms with E-state index in [1.54, 1.807) is 37.4 Å². The summed E-state index contributed by atoms with van der Waals surface area (Å²) >= 11 is 0. The molecule has 0 spiro atoms. The minimum atomic E-state index is -0.0432. The molecule has 3 nitrogen and oxygen atoms in total. The van der Waals surface area contributed by atoms with E-state index in [4.69, 9.17) is 4.74 Å². The normalized spacial score (nSPS) is 10.0. The quantitative estimate of drug-likeness (QED) is 0.620. The van der Waals surface area contributed by atoms with Crippen molar-refractivity contribution in [2.45, 2.75) is 6.92 Å². The first-order chi connectivity index (χ1) is 9.17. The Bertz CT molecular complexity index is 630. The van der Waals surface area contributed by atoms with E-state index < -0.39 is 0 Å². The highest BCUT2D eigenvalue weighted by atomic mass is 16.5. The van der Waals surface area contributed by atoms with E-state index in [9.17, 15) is 9.59 Å². The van der Waals surface area contributed by atoms with Crippen LogP contribution in [-0.4, -0.2) is 19.2 Å². The van der Waals surface area contributed by atoms with Crippen molar-refractivity contribution in [2.24, 2.45) is 0 Å². The second kappa shape index (κ2) is 5.48. The van der Waals surface area contributed by atoms with E-state index in [0.29, 0.717) is 16.9 Å². The molecule has 0 atom stereocenters. The van der Waals surface area contributed by atoms with Crippen molar-refractivity contribution in [3.8, 4) is 16.9 Å². The average Bonchev–Trinajstić information content (AvgIpc) is 2.46. The molecular formula is C16H14O3. The molecule has 0 bridgehead atoms. The maximum Gasteiger partial charge on any atom is 0.160 e. The maximum absolute atomic E-state index is 11.7. The molecule has 0 saturated carbocycles. The topological polar surface area (TPSA) is 43.4 Å². The van der Waals surface area contributed by atoms with Gasteiger partial charge in [0.2, 0.25) is 0 Å². The Morgan fingerprint density at radius 2 is 1.84 bits per heavy atom. The summed E-state index contributed by atoms with van der Waals surface area (Å²) in [5.74, 6) is 0.610. The van der Waals surface area contributed by atoms with Crippen LogP contribution < -0.4 is 4.74 Å². The van der Waals surface area contributed by atoms with Crippen molar-refractivity contribution in [1.82, 2.24) is 0 Å². The first-order valence-corrected chi connectivity index (χ1v) is 5.91. The summed E-state index contributed by atoms with van der Waals surface area (Å²) in [6, 6.07) is 12.4. The van der Waals surface area contributed by atoms with Gasteiger partial charge in [-0.3, -0.25) is 9.59 Å². The van der Waals surface area contributed by atoms with Gasteiger partial charge in [-0.1, -0.05) is 24.3 Å². The van der Waals surface area contributed by atoms with Crippen molar-refractivity contribution in [3.63, 3.8) is 0 Å². The molecule has 0 aliphatic carbocycles. The largest absolute Gasteiger partial charge is 0.497 e. The molecule has 0 radical (unpaired) electrons. The molecule has 0 heterocycles. The van der Waals surface area contributed by atoms with Gasteiger partial charge in [0.05, 0.1) is 7.11 Å².